The second-order valence-electron chi connectivity index (χ2n) is 5.41. The van der Waals surface area contributed by atoms with Crippen molar-refractivity contribution in [3.8, 4) is 11.5 Å². The summed E-state index contributed by atoms with van der Waals surface area (Å²) in [4.78, 5) is 4.73. The summed E-state index contributed by atoms with van der Waals surface area (Å²) in [6, 6.07) is 7.88. The monoisotopic (exact) mass is 262 g/mol. The van der Waals surface area contributed by atoms with E-state index in [1.54, 1.807) is 0 Å². The number of likely N-dealkylation sites (N-methyl/N-ethyl adjacent to an activating group) is 1. The molecule has 1 aromatic rings. The molecule has 4 nitrogen and oxygen atoms in total. The van der Waals surface area contributed by atoms with Crippen LogP contribution < -0.4 is 9.47 Å². The first kappa shape index (κ1) is 12.8. The third-order valence-electron chi connectivity index (χ3n) is 3.86. The molecule has 1 atom stereocenters. The SMILES string of the molecule is CN(CN1CCCCC1)C1COc2ccccc2O1. The standard InChI is InChI=1S/C15H22N2O2/c1-16(12-17-9-5-2-6-10-17)15-11-18-13-7-3-4-8-14(13)19-15/h3-4,7-8,15H,2,5-6,9-12H2,1H3. The van der Waals surface area contributed by atoms with E-state index in [-0.39, 0.29) is 6.23 Å². The second-order valence-corrected chi connectivity index (χ2v) is 5.41. The molecule has 1 unspecified atom stereocenters. The fourth-order valence-corrected chi connectivity index (χ4v) is 2.73. The van der Waals surface area contributed by atoms with Crippen molar-refractivity contribution < 1.29 is 9.47 Å². The van der Waals surface area contributed by atoms with Crippen molar-refractivity contribution in [1.29, 1.82) is 0 Å². The molecule has 2 heterocycles. The lowest BCUT2D eigenvalue weighted by molar-refractivity contribution is -0.0418. The quantitative estimate of drug-likeness (QED) is 0.833. The van der Waals surface area contributed by atoms with E-state index in [4.69, 9.17) is 9.47 Å². The van der Waals surface area contributed by atoms with E-state index < -0.39 is 0 Å². The predicted octanol–water partition coefficient (Wildman–Crippen LogP) is 2.16. The maximum Gasteiger partial charge on any atom is 0.187 e. The molecule has 0 aromatic heterocycles. The zero-order valence-electron chi connectivity index (χ0n) is 11.5. The Hall–Kier alpha value is -1.26. The Morgan fingerprint density at radius 2 is 1.89 bits per heavy atom. The van der Waals surface area contributed by atoms with Crippen molar-refractivity contribution in [2.24, 2.45) is 0 Å². The van der Waals surface area contributed by atoms with Crippen LogP contribution in [-0.4, -0.2) is 49.4 Å². The first-order chi connectivity index (χ1) is 9.33. The summed E-state index contributed by atoms with van der Waals surface area (Å²) < 4.78 is 11.8. The van der Waals surface area contributed by atoms with Gasteiger partial charge < -0.3 is 9.47 Å². The highest BCUT2D eigenvalue weighted by Crippen LogP contribution is 2.31. The highest BCUT2D eigenvalue weighted by atomic mass is 16.6. The van der Waals surface area contributed by atoms with Crippen LogP contribution in [0.1, 0.15) is 19.3 Å². The summed E-state index contributed by atoms with van der Waals surface area (Å²) in [5, 5.41) is 0. The van der Waals surface area contributed by atoms with E-state index in [2.05, 4.69) is 16.8 Å². The average Bonchev–Trinajstić information content (AvgIpc) is 2.48. The maximum absolute atomic E-state index is 6.01. The van der Waals surface area contributed by atoms with Crippen molar-refractivity contribution >= 4 is 0 Å². The van der Waals surface area contributed by atoms with Crippen molar-refractivity contribution in [3.63, 3.8) is 0 Å². The largest absolute Gasteiger partial charge is 0.484 e. The molecule has 0 aliphatic carbocycles. The van der Waals surface area contributed by atoms with Crippen LogP contribution in [0.25, 0.3) is 0 Å². The number of likely N-dealkylation sites (tertiary alicyclic amines) is 1. The summed E-state index contributed by atoms with van der Waals surface area (Å²) in [6.07, 6.45) is 4.02. The van der Waals surface area contributed by atoms with Gasteiger partial charge in [0.25, 0.3) is 0 Å². The average molecular weight is 262 g/mol. The van der Waals surface area contributed by atoms with E-state index in [1.807, 2.05) is 24.3 Å². The van der Waals surface area contributed by atoms with E-state index >= 15 is 0 Å². The van der Waals surface area contributed by atoms with Gasteiger partial charge in [-0.15, -0.1) is 0 Å². The van der Waals surface area contributed by atoms with Crippen LogP contribution in [0.3, 0.4) is 0 Å². The number of benzene rings is 1. The summed E-state index contributed by atoms with van der Waals surface area (Å²) in [7, 11) is 2.11. The molecule has 1 saturated heterocycles. The third kappa shape index (κ3) is 3.01. The van der Waals surface area contributed by atoms with Crippen molar-refractivity contribution in [2.75, 3.05) is 33.4 Å². The number of hydrogen-bond donors (Lipinski definition) is 0. The van der Waals surface area contributed by atoms with Crippen LogP contribution >= 0.6 is 0 Å². The molecule has 1 aromatic carbocycles. The summed E-state index contributed by atoms with van der Waals surface area (Å²) in [5.74, 6) is 1.70. The molecule has 19 heavy (non-hydrogen) atoms. The highest BCUT2D eigenvalue weighted by molar-refractivity contribution is 5.40. The minimum absolute atomic E-state index is 0.0110. The van der Waals surface area contributed by atoms with Gasteiger partial charge in [-0.1, -0.05) is 18.6 Å². The number of fused-ring (bicyclic) bond motifs is 1. The lowest BCUT2D eigenvalue weighted by Crippen LogP contribution is -2.49. The molecular weight excluding hydrogens is 240 g/mol. The number of rotatable bonds is 3. The minimum Gasteiger partial charge on any atom is -0.484 e. The molecule has 104 valence electrons. The van der Waals surface area contributed by atoms with Gasteiger partial charge in [0.05, 0.1) is 6.67 Å². The van der Waals surface area contributed by atoms with Gasteiger partial charge in [-0.25, -0.2) is 0 Å². The molecule has 0 saturated carbocycles. The van der Waals surface area contributed by atoms with E-state index in [0.29, 0.717) is 6.61 Å². The van der Waals surface area contributed by atoms with Crippen LogP contribution in [0.4, 0.5) is 0 Å². The number of para-hydroxylation sites is 2. The molecule has 4 heteroatoms. The van der Waals surface area contributed by atoms with E-state index in [0.717, 1.165) is 18.2 Å². The van der Waals surface area contributed by atoms with Gasteiger partial charge in [0.2, 0.25) is 0 Å². The smallest absolute Gasteiger partial charge is 0.187 e. The summed E-state index contributed by atoms with van der Waals surface area (Å²) >= 11 is 0. The van der Waals surface area contributed by atoms with E-state index in [9.17, 15) is 0 Å². The normalized spacial score (nSPS) is 23.6. The predicted molar refractivity (Wildman–Crippen MR) is 74.4 cm³/mol. The topological polar surface area (TPSA) is 24.9 Å². The summed E-state index contributed by atoms with van der Waals surface area (Å²) in [6.45, 7) is 3.96. The Kier molecular flexibility index (Phi) is 3.89. The van der Waals surface area contributed by atoms with Crippen LogP contribution in [0.2, 0.25) is 0 Å². The van der Waals surface area contributed by atoms with Gasteiger partial charge in [0.15, 0.2) is 17.7 Å². The molecule has 0 bridgehead atoms. The maximum atomic E-state index is 6.01. The minimum atomic E-state index is 0.0110. The van der Waals surface area contributed by atoms with Crippen molar-refractivity contribution in [3.05, 3.63) is 24.3 Å². The zero-order valence-corrected chi connectivity index (χ0v) is 11.5. The van der Waals surface area contributed by atoms with Gasteiger partial charge in [0, 0.05) is 0 Å². The molecule has 0 radical (unpaired) electrons. The Balaban J connectivity index is 1.58. The first-order valence-corrected chi connectivity index (χ1v) is 7.14. The Morgan fingerprint density at radius 1 is 1.16 bits per heavy atom. The molecule has 2 aliphatic rings. The molecule has 2 aliphatic heterocycles. The molecular formula is C15H22N2O2. The van der Waals surface area contributed by atoms with Crippen LogP contribution in [0, 0.1) is 0 Å². The van der Waals surface area contributed by atoms with Gasteiger partial charge in [-0.2, -0.15) is 0 Å². The lowest BCUT2D eigenvalue weighted by atomic mass is 10.1. The Labute approximate surface area is 114 Å². The fraction of sp³-hybridized carbons (Fsp3) is 0.600. The van der Waals surface area contributed by atoms with Crippen molar-refractivity contribution in [1.82, 2.24) is 9.80 Å². The van der Waals surface area contributed by atoms with Crippen LogP contribution in [0.5, 0.6) is 11.5 Å². The summed E-state index contributed by atoms with van der Waals surface area (Å²) in [5.41, 5.74) is 0. The van der Waals surface area contributed by atoms with Crippen molar-refractivity contribution in [2.45, 2.75) is 25.5 Å². The Bertz CT molecular complexity index is 418. The van der Waals surface area contributed by atoms with Crippen LogP contribution in [-0.2, 0) is 0 Å². The fourth-order valence-electron chi connectivity index (χ4n) is 2.73. The number of nitrogens with zero attached hydrogens (tertiary/aromatic N) is 2. The first-order valence-electron chi connectivity index (χ1n) is 7.14. The van der Waals surface area contributed by atoms with Crippen LogP contribution in [0.15, 0.2) is 24.3 Å². The van der Waals surface area contributed by atoms with Gasteiger partial charge in [-0.3, -0.25) is 9.80 Å². The molecule has 1 fully saturated rings. The van der Waals surface area contributed by atoms with Gasteiger partial charge in [-0.05, 0) is 45.1 Å². The van der Waals surface area contributed by atoms with E-state index in [1.165, 1.54) is 32.4 Å². The lowest BCUT2D eigenvalue weighted by Gasteiger charge is -2.36. The second kappa shape index (κ2) is 5.80. The Morgan fingerprint density at radius 3 is 2.68 bits per heavy atom. The number of ether oxygens (including phenoxy) is 2. The number of hydrogen-bond acceptors (Lipinski definition) is 4. The number of piperidine rings is 1. The van der Waals surface area contributed by atoms with Gasteiger partial charge >= 0.3 is 0 Å². The molecule has 0 spiro atoms. The third-order valence-corrected chi connectivity index (χ3v) is 3.86. The van der Waals surface area contributed by atoms with Gasteiger partial charge in [0.1, 0.15) is 6.61 Å². The molecule has 0 N–H and O–H groups in total. The molecule has 3 rings (SSSR count). The molecule has 0 amide bonds. The highest BCUT2D eigenvalue weighted by Gasteiger charge is 2.25. The zero-order chi connectivity index (χ0) is 13.1.